The van der Waals surface area contributed by atoms with E-state index in [9.17, 15) is 14.4 Å². The van der Waals surface area contributed by atoms with Gasteiger partial charge in [-0.1, -0.05) is 32.4 Å². The number of amides is 2. The Morgan fingerprint density at radius 2 is 1.82 bits per heavy atom. The second-order valence-corrected chi connectivity index (χ2v) is 14.0. The van der Waals surface area contributed by atoms with Crippen LogP contribution in [-0.4, -0.2) is 41.4 Å². The maximum absolute atomic E-state index is 11.8. The summed E-state index contributed by atoms with van der Waals surface area (Å²) in [6, 6.07) is 0. The van der Waals surface area contributed by atoms with Crippen LogP contribution in [0.15, 0.2) is 23.0 Å². The predicted molar refractivity (Wildman–Crippen MR) is 150 cm³/mol. The highest BCUT2D eigenvalue weighted by atomic mass is 16.5. The van der Waals surface area contributed by atoms with Crippen LogP contribution in [0.1, 0.15) is 106 Å². The Bertz CT molecular complexity index is 1080. The molecule has 0 N–H and O–H groups in total. The number of hydrogen-bond acceptors (Lipinski definition) is 5. The summed E-state index contributed by atoms with van der Waals surface area (Å²) in [7, 11) is 0. The summed E-state index contributed by atoms with van der Waals surface area (Å²) >= 11 is 0. The number of allylic oxidation sites excluding steroid dienone is 2. The van der Waals surface area contributed by atoms with E-state index in [1.54, 1.807) is 5.57 Å². The minimum Gasteiger partial charge on any atom is -0.494 e. The van der Waals surface area contributed by atoms with Gasteiger partial charge >= 0.3 is 5.97 Å². The molecule has 9 atom stereocenters. The second-order valence-electron chi connectivity index (χ2n) is 14.0. The van der Waals surface area contributed by atoms with Crippen molar-refractivity contribution in [3.63, 3.8) is 0 Å². The molecule has 0 bridgehead atoms. The van der Waals surface area contributed by atoms with E-state index in [0.717, 1.165) is 50.7 Å². The number of rotatable bonds is 6. The van der Waals surface area contributed by atoms with Crippen molar-refractivity contribution in [2.45, 2.75) is 118 Å². The van der Waals surface area contributed by atoms with Gasteiger partial charge in [0.15, 0.2) is 0 Å². The van der Waals surface area contributed by atoms with E-state index in [4.69, 9.17) is 9.47 Å². The smallest absolute Gasteiger partial charge is 0.302 e. The first-order valence-electron chi connectivity index (χ1n) is 15.4. The summed E-state index contributed by atoms with van der Waals surface area (Å²) in [5.74, 6) is 3.48. The van der Waals surface area contributed by atoms with E-state index in [1.165, 1.54) is 44.1 Å². The number of fused-ring (bicyclic) bond motifs is 7. The van der Waals surface area contributed by atoms with Gasteiger partial charge in [-0.2, -0.15) is 0 Å². The molecule has 0 spiro atoms. The minimum absolute atomic E-state index is 0.0494. The topological polar surface area (TPSA) is 72.9 Å². The monoisotopic (exact) mass is 539 g/mol. The van der Waals surface area contributed by atoms with Gasteiger partial charge in [0.1, 0.15) is 12.2 Å². The lowest BCUT2D eigenvalue weighted by Gasteiger charge is -2.58. The van der Waals surface area contributed by atoms with Crippen molar-refractivity contribution in [2.75, 3.05) is 6.54 Å². The molecule has 0 aromatic rings. The molecule has 1 heterocycles. The van der Waals surface area contributed by atoms with Gasteiger partial charge in [-0.25, -0.2) is 0 Å². The van der Waals surface area contributed by atoms with E-state index < -0.39 is 0 Å². The SMILES string of the molecule is CC(=O)O[C@H]1CC[C@@]2(C)C(=CC[C@H]3[C@H]2CC[C@@]2(C)[C@H]3C[C@@H]3OC(CC[C@@H](C)CN(C(C)=O)C(C)=O)=C(C)[C@@H]32)C1. The zero-order valence-corrected chi connectivity index (χ0v) is 25.2. The molecule has 216 valence electrons. The van der Waals surface area contributed by atoms with Crippen molar-refractivity contribution in [1.29, 1.82) is 0 Å². The summed E-state index contributed by atoms with van der Waals surface area (Å²) in [5.41, 5.74) is 3.50. The summed E-state index contributed by atoms with van der Waals surface area (Å²) in [4.78, 5) is 36.6. The Morgan fingerprint density at radius 1 is 1.10 bits per heavy atom. The van der Waals surface area contributed by atoms with E-state index in [-0.39, 0.29) is 46.7 Å². The highest BCUT2D eigenvalue weighted by Gasteiger charge is 2.63. The fraction of sp³-hybridized carbons (Fsp3) is 0.788. The molecule has 4 aliphatic carbocycles. The Kier molecular flexibility index (Phi) is 7.56. The molecule has 2 amide bonds. The third-order valence-electron chi connectivity index (χ3n) is 11.7. The van der Waals surface area contributed by atoms with Crippen LogP contribution in [0.2, 0.25) is 0 Å². The van der Waals surface area contributed by atoms with Crippen LogP contribution < -0.4 is 0 Å². The zero-order chi connectivity index (χ0) is 28.3. The van der Waals surface area contributed by atoms with E-state index in [0.29, 0.717) is 30.2 Å². The first-order valence-corrected chi connectivity index (χ1v) is 15.4. The van der Waals surface area contributed by atoms with Crippen LogP contribution in [0.25, 0.3) is 0 Å². The molecule has 0 unspecified atom stereocenters. The highest BCUT2D eigenvalue weighted by Crippen LogP contribution is 2.69. The van der Waals surface area contributed by atoms with Gasteiger partial charge in [-0.15, -0.1) is 0 Å². The molecule has 0 aromatic carbocycles. The molecule has 0 aromatic heterocycles. The molecule has 5 aliphatic rings. The summed E-state index contributed by atoms with van der Waals surface area (Å²) in [6.45, 7) is 14.4. The molecule has 1 aliphatic heterocycles. The summed E-state index contributed by atoms with van der Waals surface area (Å²) in [6.07, 6.45) is 12.5. The van der Waals surface area contributed by atoms with Gasteiger partial charge < -0.3 is 9.47 Å². The fourth-order valence-electron chi connectivity index (χ4n) is 9.81. The van der Waals surface area contributed by atoms with Crippen molar-refractivity contribution < 1.29 is 23.9 Å². The van der Waals surface area contributed by atoms with E-state index in [2.05, 4.69) is 33.8 Å². The summed E-state index contributed by atoms with van der Waals surface area (Å²) < 4.78 is 12.4. The first-order chi connectivity index (χ1) is 18.3. The maximum Gasteiger partial charge on any atom is 0.302 e. The van der Waals surface area contributed by atoms with Gasteiger partial charge in [0.2, 0.25) is 11.8 Å². The molecule has 5 rings (SSSR count). The lowest BCUT2D eigenvalue weighted by Crippen LogP contribution is -2.50. The van der Waals surface area contributed by atoms with Crippen molar-refractivity contribution in [1.82, 2.24) is 4.90 Å². The van der Waals surface area contributed by atoms with Gasteiger partial charge in [-0.05, 0) is 91.9 Å². The fourth-order valence-corrected chi connectivity index (χ4v) is 9.81. The number of carbonyl (C=O) groups excluding carboxylic acids is 3. The molecule has 6 heteroatoms. The van der Waals surface area contributed by atoms with Crippen LogP contribution in [0.5, 0.6) is 0 Å². The van der Waals surface area contributed by atoms with E-state index >= 15 is 0 Å². The average Bonchev–Trinajstić information content (AvgIpc) is 3.33. The molecule has 3 saturated carbocycles. The molecule has 39 heavy (non-hydrogen) atoms. The molecule has 0 radical (unpaired) electrons. The normalized spacial score (nSPS) is 39.4. The Balaban J connectivity index is 1.27. The molecule has 6 nitrogen and oxygen atoms in total. The lowest BCUT2D eigenvalue weighted by atomic mass is 9.47. The predicted octanol–water partition coefficient (Wildman–Crippen LogP) is 6.59. The minimum atomic E-state index is -0.179. The molecule has 3 fully saturated rings. The number of hydrogen-bond donors (Lipinski definition) is 0. The zero-order valence-electron chi connectivity index (χ0n) is 25.2. The largest absolute Gasteiger partial charge is 0.494 e. The molecular weight excluding hydrogens is 490 g/mol. The molecule has 0 saturated heterocycles. The standard InChI is InChI=1S/C33H49NO5/c1-19(18-34(21(3)35)22(4)36)8-11-29-20(2)31-30(39-29)17-28-26-10-9-24-16-25(38-23(5)37)12-14-32(24,6)27(26)13-15-33(28,31)7/h9,19,25-28,30-31H,8,10-18H2,1-7H3/t19-,25+,26+,27-,28+,30+,31+,32+,33+/m1/s1. The second kappa shape index (κ2) is 10.4. The Labute approximate surface area is 234 Å². The number of imide groups is 1. The van der Waals surface area contributed by atoms with Crippen molar-refractivity contribution in [3.8, 4) is 0 Å². The van der Waals surface area contributed by atoms with Crippen LogP contribution in [0.3, 0.4) is 0 Å². The number of carbonyl (C=O) groups is 3. The lowest BCUT2D eigenvalue weighted by molar-refractivity contribution is -0.149. The van der Waals surface area contributed by atoms with Gasteiger partial charge in [-0.3, -0.25) is 19.3 Å². The Morgan fingerprint density at radius 3 is 2.49 bits per heavy atom. The van der Waals surface area contributed by atoms with Crippen molar-refractivity contribution >= 4 is 17.8 Å². The molecular formula is C33H49NO5. The first kappa shape index (κ1) is 28.4. The number of ether oxygens (including phenoxy) is 2. The van der Waals surface area contributed by atoms with Gasteiger partial charge in [0.25, 0.3) is 0 Å². The van der Waals surface area contributed by atoms with Crippen LogP contribution >= 0.6 is 0 Å². The van der Waals surface area contributed by atoms with Gasteiger partial charge in [0.05, 0.1) is 5.76 Å². The number of esters is 1. The average molecular weight is 540 g/mol. The maximum atomic E-state index is 11.8. The number of nitrogens with zero attached hydrogens (tertiary/aromatic N) is 1. The Hall–Kier alpha value is -2.11. The van der Waals surface area contributed by atoms with Crippen LogP contribution in [-0.2, 0) is 23.9 Å². The summed E-state index contributed by atoms with van der Waals surface area (Å²) in [5, 5.41) is 0. The van der Waals surface area contributed by atoms with Crippen LogP contribution in [0, 0.1) is 40.4 Å². The van der Waals surface area contributed by atoms with Crippen LogP contribution in [0.4, 0.5) is 0 Å². The highest BCUT2D eigenvalue weighted by molar-refractivity contribution is 5.92. The van der Waals surface area contributed by atoms with E-state index in [1.807, 2.05) is 0 Å². The quantitative estimate of drug-likeness (QED) is 0.281. The van der Waals surface area contributed by atoms with Gasteiger partial charge in [0, 0.05) is 46.1 Å². The third-order valence-corrected chi connectivity index (χ3v) is 11.7. The van der Waals surface area contributed by atoms with Crippen molar-refractivity contribution in [3.05, 3.63) is 23.0 Å². The van der Waals surface area contributed by atoms with Crippen molar-refractivity contribution in [2.24, 2.45) is 40.4 Å². The third kappa shape index (κ3) is 4.88.